The van der Waals surface area contributed by atoms with Gasteiger partial charge in [-0.2, -0.15) is 0 Å². The number of aliphatic imine (C=N–C) groups is 1. The zero-order chi connectivity index (χ0) is 9.56. The zero-order valence-corrected chi connectivity index (χ0v) is 9.28. The third-order valence-corrected chi connectivity index (χ3v) is 2.34. The average molecular weight is 306 g/mol. The van der Waals surface area contributed by atoms with Crippen LogP contribution in [0, 0.1) is 0 Å². The number of nitrogens with zero attached hydrogens (tertiary/aromatic N) is 1. The molecular formula is C6H8Br2F2N2. The molecule has 0 rings (SSSR count). The summed E-state index contributed by atoms with van der Waals surface area (Å²) in [6.07, 6.45) is -1.11. The fraction of sp³-hybridized carbons (Fsp3) is 0.500. The summed E-state index contributed by atoms with van der Waals surface area (Å²) in [4.78, 5) is 3.57. The van der Waals surface area contributed by atoms with Crippen molar-refractivity contribution >= 4 is 36.5 Å². The molecule has 2 N–H and O–H groups in total. The molecule has 12 heavy (non-hydrogen) atoms. The van der Waals surface area contributed by atoms with Gasteiger partial charge in [-0.1, -0.05) is 15.9 Å². The number of rotatable bonds is 4. The number of halogens is 4. The van der Waals surface area contributed by atoms with Gasteiger partial charge in [0.1, 0.15) is 11.2 Å². The van der Waals surface area contributed by atoms with Crippen LogP contribution in [-0.2, 0) is 0 Å². The van der Waals surface area contributed by atoms with Crippen LogP contribution in [0.5, 0.6) is 0 Å². The first-order chi connectivity index (χ1) is 5.61. The molecule has 0 aliphatic rings. The first-order valence-electron chi connectivity index (χ1n) is 3.07. The van der Waals surface area contributed by atoms with E-state index in [1.807, 2.05) is 0 Å². The van der Waals surface area contributed by atoms with E-state index in [0.717, 1.165) is 0 Å². The van der Waals surface area contributed by atoms with Gasteiger partial charge >= 0.3 is 0 Å². The van der Waals surface area contributed by atoms with Crippen molar-refractivity contribution < 1.29 is 8.78 Å². The van der Waals surface area contributed by atoms with Crippen molar-refractivity contribution in [2.75, 3.05) is 11.9 Å². The summed E-state index contributed by atoms with van der Waals surface area (Å²) in [5.74, 6) is 0. The molecule has 0 bridgehead atoms. The number of allylic oxidation sites excluding steroid dienone is 1. The van der Waals surface area contributed by atoms with Crippen LogP contribution in [0.2, 0.25) is 0 Å². The van der Waals surface area contributed by atoms with Gasteiger partial charge in [-0.05, 0) is 15.9 Å². The Labute approximate surface area is 86.2 Å². The number of nitrogens with two attached hydrogens (primary N) is 1. The second-order valence-electron chi connectivity index (χ2n) is 1.85. The summed E-state index contributed by atoms with van der Waals surface area (Å²) in [5.41, 5.74) is 5.85. The minimum atomic E-state index is -2.42. The van der Waals surface area contributed by atoms with Gasteiger partial charge in [0.2, 0.25) is 0 Å². The van der Waals surface area contributed by atoms with Crippen LogP contribution in [-0.4, -0.2) is 22.9 Å². The molecule has 0 aromatic heterocycles. The molecule has 70 valence electrons. The van der Waals surface area contributed by atoms with Crippen molar-refractivity contribution in [2.45, 2.75) is 6.43 Å². The maximum Gasteiger partial charge on any atom is 0.257 e. The second-order valence-corrected chi connectivity index (χ2v) is 3.16. The van der Waals surface area contributed by atoms with Crippen LogP contribution >= 0.6 is 31.9 Å². The van der Waals surface area contributed by atoms with Gasteiger partial charge in [0.05, 0.1) is 0 Å². The van der Waals surface area contributed by atoms with Crippen molar-refractivity contribution in [2.24, 2.45) is 10.7 Å². The Hall–Kier alpha value is 0.0300. The summed E-state index contributed by atoms with van der Waals surface area (Å²) in [6, 6.07) is 0. The Balaban J connectivity index is 4.16. The molecule has 0 fully saturated rings. The third kappa shape index (κ3) is 4.82. The number of hydrogen-bond acceptors (Lipinski definition) is 2. The van der Waals surface area contributed by atoms with Crippen molar-refractivity contribution in [3.63, 3.8) is 0 Å². The first-order valence-corrected chi connectivity index (χ1v) is 4.98. The molecule has 2 nitrogen and oxygen atoms in total. The summed E-state index contributed by atoms with van der Waals surface area (Å²) in [6.45, 7) is -0.509. The van der Waals surface area contributed by atoms with E-state index in [0.29, 0.717) is 15.5 Å². The quantitative estimate of drug-likeness (QED) is 0.628. The van der Waals surface area contributed by atoms with Crippen LogP contribution < -0.4 is 5.73 Å². The lowest BCUT2D eigenvalue weighted by Crippen LogP contribution is -2.03. The maximum atomic E-state index is 11.7. The van der Waals surface area contributed by atoms with Gasteiger partial charge in [0.15, 0.2) is 0 Å². The van der Waals surface area contributed by atoms with E-state index >= 15 is 0 Å². The molecular weight excluding hydrogens is 298 g/mol. The highest BCUT2D eigenvalue weighted by Crippen LogP contribution is 2.08. The maximum absolute atomic E-state index is 11.7. The van der Waals surface area contributed by atoms with Crippen molar-refractivity contribution in [3.8, 4) is 0 Å². The number of alkyl halides is 3. The standard InChI is InChI=1S/C6H8Br2F2N2/c7-1-4(2-11)6(8)12-3-5(9)10/h2,5H,1,3,11H2. The topological polar surface area (TPSA) is 38.4 Å². The highest BCUT2D eigenvalue weighted by Gasteiger charge is 2.04. The monoisotopic (exact) mass is 304 g/mol. The van der Waals surface area contributed by atoms with E-state index in [1.54, 1.807) is 0 Å². The van der Waals surface area contributed by atoms with Crippen molar-refractivity contribution in [3.05, 3.63) is 11.8 Å². The van der Waals surface area contributed by atoms with Gasteiger partial charge in [-0.15, -0.1) is 0 Å². The Bertz CT molecular complexity index is 192. The Morgan fingerprint density at radius 3 is 2.50 bits per heavy atom. The summed E-state index contributed by atoms with van der Waals surface area (Å²) in [7, 11) is 0. The average Bonchev–Trinajstić information content (AvgIpc) is 2.03. The molecule has 0 spiro atoms. The third-order valence-electron chi connectivity index (χ3n) is 0.978. The van der Waals surface area contributed by atoms with Crippen LogP contribution in [0.25, 0.3) is 0 Å². The van der Waals surface area contributed by atoms with Gasteiger partial charge in [0, 0.05) is 17.1 Å². The molecule has 0 radical (unpaired) electrons. The van der Waals surface area contributed by atoms with Gasteiger partial charge < -0.3 is 5.73 Å². The Kier molecular flexibility index (Phi) is 6.55. The van der Waals surface area contributed by atoms with E-state index in [9.17, 15) is 8.78 Å². The molecule has 0 unspecified atom stereocenters. The molecule has 0 saturated carbocycles. The van der Waals surface area contributed by atoms with Crippen LogP contribution in [0.3, 0.4) is 0 Å². The fourth-order valence-corrected chi connectivity index (χ4v) is 1.66. The highest BCUT2D eigenvalue weighted by atomic mass is 79.9. The Morgan fingerprint density at radius 1 is 1.58 bits per heavy atom. The smallest absolute Gasteiger partial charge is 0.257 e. The predicted molar refractivity (Wildman–Crippen MR) is 53.3 cm³/mol. The largest absolute Gasteiger partial charge is 0.404 e. The first kappa shape index (κ1) is 12.0. The minimum Gasteiger partial charge on any atom is -0.404 e. The second kappa shape index (κ2) is 6.54. The van der Waals surface area contributed by atoms with Gasteiger partial charge in [-0.25, -0.2) is 8.78 Å². The lowest BCUT2D eigenvalue weighted by molar-refractivity contribution is 0.159. The summed E-state index contributed by atoms with van der Waals surface area (Å²) in [5, 5.41) is 0.483. The Morgan fingerprint density at radius 2 is 2.17 bits per heavy atom. The van der Waals surface area contributed by atoms with Crippen LogP contribution in [0.1, 0.15) is 0 Å². The predicted octanol–water partition coefficient (Wildman–Crippen LogP) is 2.28. The minimum absolute atomic E-state index is 0.363. The van der Waals surface area contributed by atoms with E-state index in [-0.39, 0.29) is 0 Å². The molecule has 0 aliphatic heterocycles. The number of hydrogen-bond donors (Lipinski definition) is 1. The molecule has 0 aromatic carbocycles. The molecule has 0 atom stereocenters. The van der Waals surface area contributed by atoms with E-state index < -0.39 is 13.0 Å². The summed E-state index contributed by atoms with van der Waals surface area (Å²) < 4.78 is 23.7. The van der Waals surface area contributed by atoms with Crippen LogP contribution in [0.4, 0.5) is 8.78 Å². The molecule has 0 amide bonds. The van der Waals surface area contributed by atoms with Crippen molar-refractivity contribution in [1.82, 2.24) is 0 Å². The zero-order valence-electron chi connectivity index (χ0n) is 6.11. The van der Waals surface area contributed by atoms with Crippen LogP contribution in [0.15, 0.2) is 16.8 Å². The normalized spacial score (nSPS) is 14.1. The lowest BCUT2D eigenvalue weighted by Gasteiger charge is -1.99. The van der Waals surface area contributed by atoms with E-state index in [1.165, 1.54) is 6.20 Å². The fourth-order valence-electron chi connectivity index (χ4n) is 0.419. The summed E-state index contributed by atoms with van der Waals surface area (Å²) >= 11 is 6.17. The SMILES string of the molecule is NC=C(CBr)C(Br)=NCC(F)F. The van der Waals surface area contributed by atoms with Gasteiger partial charge in [0.25, 0.3) is 6.43 Å². The highest BCUT2D eigenvalue weighted by molar-refractivity contribution is 9.18. The molecule has 6 heteroatoms. The molecule has 0 aliphatic carbocycles. The van der Waals surface area contributed by atoms with Gasteiger partial charge in [-0.3, -0.25) is 4.99 Å². The van der Waals surface area contributed by atoms with Crippen molar-refractivity contribution in [1.29, 1.82) is 0 Å². The molecule has 0 aromatic rings. The lowest BCUT2D eigenvalue weighted by atomic mass is 10.4. The molecule has 0 saturated heterocycles. The molecule has 0 heterocycles. The van der Waals surface area contributed by atoms with E-state index in [4.69, 9.17) is 5.73 Å². The van der Waals surface area contributed by atoms with E-state index in [2.05, 4.69) is 36.9 Å².